The lowest BCUT2D eigenvalue weighted by Gasteiger charge is -2.20. The fraction of sp³-hybridized carbons (Fsp3) is 0.667. The number of carbonyl (C=O) groups excluding carboxylic acids is 1. The van der Waals surface area contributed by atoms with E-state index in [9.17, 15) is 4.79 Å². The van der Waals surface area contributed by atoms with Crippen LogP contribution < -0.4 is 10.6 Å². The number of nitrogens with one attached hydrogen (secondary N) is 2. The van der Waals surface area contributed by atoms with Crippen LogP contribution in [0.3, 0.4) is 0 Å². The molecule has 2 N–H and O–H groups in total. The minimum absolute atomic E-state index is 0.0558. The maximum absolute atomic E-state index is 12.0. The lowest BCUT2D eigenvalue weighted by molar-refractivity contribution is 0.0981. The molecule has 0 radical (unpaired) electrons. The Balaban J connectivity index is 1.27. The van der Waals surface area contributed by atoms with E-state index in [4.69, 9.17) is 4.74 Å². The third kappa shape index (κ3) is 2.33. The van der Waals surface area contributed by atoms with Gasteiger partial charge >= 0.3 is 6.03 Å². The topological polar surface area (TPSA) is 50.4 Å². The van der Waals surface area contributed by atoms with Crippen LogP contribution in [0.5, 0.6) is 0 Å². The molecule has 3 aliphatic rings. The van der Waals surface area contributed by atoms with Crippen molar-refractivity contribution in [1.82, 2.24) is 10.6 Å². The lowest BCUT2D eigenvalue weighted by atomic mass is 9.96. The highest BCUT2D eigenvalue weighted by atomic mass is 32.1. The van der Waals surface area contributed by atoms with E-state index < -0.39 is 0 Å². The van der Waals surface area contributed by atoms with Crippen molar-refractivity contribution in [2.75, 3.05) is 0 Å². The molecule has 0 spiro atoms. The second-order valence-electron chi connectivity index (χ2n) is 6.06. The summed E-state index contributed by atoms with van der Waals surface area (Å²) in [5, 5.41) is 6.04. The SMILES string of the molecule is O=C(NCc1cc2c(s1)CCC2)NC1CC2CCC1O2. The van der Waals surface area contributed by atoms with Crippen molar-refractivity contribution in [3.63, 3.8) is 0 Å². The smallest absolute Gasteiger partial charge is 0.315 e. The predicted molar refractivity (Wildman–Crippen MR) is 78.0 cm³/mol. The molecule has 108 valence electrons. The summed E-state index contributed by atoms with van der Waals surface area (Å²) in [6, 6.07) is 2.41. The summed E-state index contributed by atoms with van der Waals surface area (Å²) in [7, 11) is 0. The number of hydrogen-bond donors (Lipinski definition) is 2. The monoisotopic (exact) mass is 292 g/mol. The van der Waals surface area contributed by atoms with Crippen molar-refractivity contribution in [1.29, 1.82) is 0 Å². The van der Waals surface area contributed by atoms with Crippen molar-refractivity contribution in [2.24, 2.45) is 0 Å². The van der Waals surface area contributed by atoms with Gasteiger partial charge in [0.1, 0.15) is 0 Å². The first-order valence-corrected chi connectivity index (χ1v) is 8.40. The molecule has 2 amide bonds. The van der Waals surface area contributed by atoms with E-state index >= 15 is 0 Å². The molecule has 5 heteroatoms. The van der Waals surface area contributed by atoms with Gasteiger partial charge in [-0.2, -0.15) is 0 Å². The van der Waals surface area contributed by atoms with E-state index in [0.29, 0.717) is 12.6 Å². The number of amides is 2. The first kappa shape index (κ1) is 12.7. The van der Waals surface area contributed by atoms with Gasteiger partial charge in [0, 0.05) is 9.75 Å². The molecule has 1 aromatic heterocycles. The van der Waals surface area contributed by atoms with E-state index in [0.717, 1.165) is 19.3 Å². The van der Waals surface area contributed by atoms with Gasteiger partial charge in [0.25, 0.3) is 0 Å². The Hall–Kier alpha value is -1.07. The minimum atomic E-state index is -0.0558. The number of thiophene rings is 1. The molecular formula is C15H20N2O2S. The molecule has 1 aliphatic carbocycles. The fourth-order valence-electron chi connectivity index (χ4n) is 3.65. The molecule has 3 heterocycles. The molecule has 3 unspecified atom stereocenters. The Bertz CT molecular complexity index is 506. The van der Waals surface area contributed by atoms with Gasteiger partial charge in [-0.15, -0.1) is 11.3 Å². The van der Waals surface area contributed by atoms with Crippen LogP contribution in [0.25, 0.3) is 0 Å². The number of aryl methyl sites for hydroxylation is 2. The molecule has 2 bridgehead atoms. The van der Waals surface area contributed by atoms with E-state index in [1.54, 1.807) is 0 Å². The van der Waals surface area contributed by atoms with Crippen LogP contribution in [0.15, 0.2) is 6.07 Å². The predicted octanol–water partition coefficient (Wildman–Crippen LogP) is 2.36. The summed E-state index contributed by atoms with van der Waals surface area (Å²) in [6.07, 6.45) is 7.57. The van der Waals surface area contributed by atoms with Crippen molar-refractivity contribution >= 4 is 17.4 Å². The normalized spacial score (nSPS) is 30.5. The molecule has 2 aliphatic heterocycles. The Morgan fingerprint density at radius 2 is 2.35 bits per heavy atom. The molecular weight excluding hydrogens is 272 g/mol. The number of hydrogen-bond acceptors (Lipinski definition) is 3. The average Bonchev–Trinajstić information content (AvgIpc) is 3.15. The Kier molecular flexibility index (Phi) is 3.19. The van der Waals surface area contributed by atoms with Crippen molar-refractivity contribution in [3.8, 4) is 0 Å². The summed E-state index contributed by atoms with van der Waals surface area (Å²) in [5.41, 5.74) is 1.49. The lowest BCUT2D eigenvalue weighted by Crippen LogP contribution is -2.46. The highest BCUT2D eigenvalue weighted by Crippen LogP contribution is 2.34. The number of carbonyl (C=O) groups is 1. The number of rotatable bonds is 3. The summed E-state index contributed by atoms with van der Waals surface area (Å²) in [4.78, 5) is 14.7. The van der Waals surface area contributed by atoms with E-state index in [1.807, 2.05) is 11.3 Å². The second-order valence-corrected chi connectivity index (χ2v) is 7.28. The molecule has 3 atom stereocenters. The average molecular weight is 292 g/mol. The van der Waals surface area contributed by atoms with Gasteiger partial charge in [0.15, 0.2) is 0 Å². The van der Waals surface area contributed by atoms with Gasteiger partial charge in [-0.25, -0.2) is 4.79 Å². The molecule has 0 saturated carbocycles. The maximum Gasteiger partial charge on any atom is 0.315 e. The molecule has 2 saturated heterocycles. The van der Waals surface area contributed by atoms with Crippen molar-refractivity contribution in [3.05, 3.63) is 21.4 Å². The summed E-state index contributed by atoms with van der Waals surface area (Å²) in [6.45, 7) is 0.644. The van der Waals surface area contributed by atoms with Crippen LogP contribution in [0.4, 0.5) is 4.79 Å². The van der Waals surface area contributed by atoms with Gasteiger partial charge in [0.2, 0.25) is 0 Å². The minimum Gasteiger partial charge on any atom is -0.373 e. The number of ether oxygens (including phenoxy) is 1. The highest BCUT2D eigenvalue weighted by Gasteiger charge is 2.41. The van der Waals surface area contributed by atoms with E-state index in [2.05, 4.69) is 16.7 Å². The molecule has 0 aromatic carbocycles. The van der Waals surface area contributed by atoms with Crippen LogP contribution in [-0.2, 0) is 24.1 Å². The standard InChI is InChI=1S/C15H20N2O2S/c18-15(17-12-7-10-4-5-13(12)19-10)16-8-11-6-9-2-1-3-14(9)20-11/h6,10,12-13H,1-5,7-8H2,(H2,16,17,18). The Morgan fingerprint density at radius 3 is 3.10 bits per heavy atom. The summed E-state index contributed by atoms with van der Waals surface area (Å²) >= 11 is 1.85. The van der Waals surface area contributed by atoms with Crippen LogP contribution in [0, 0.1) is 0 Å². The van der Waals surface area contributed by atoms with Gasteiger partial charge < -0.3 is 15.4 Å². The van der Waals surface area contributed by atoms with E-state index in [-0.39, 0.29) is 18.2 Å². The summed E-state index contributed by atoms with van der Waals surface area (Å²) in [5.74, 6) is 0. The first-order valence-electron chi connectivity index (χ1n) is 7.58. The maximum atomic E-state index is 12.0. The van der Waals surface area contributed by atoms with E-state index in [1.165, 1.54) is 34.6 Å². The molecule has 4 rings (SSSR count). The van der Waals surface area contributed by atoms with Gasteiger partial charge in [-0.1, -0.05) is 0 Å². The number of urea groups is 1. The molecule has 4 nitrogen and oxygen atoms in total. The quantitative estimate of drug-likeness (QED) is 0.898. The van der Waals surface area contributed by atoms with Crippen LogP contribution in [-0.4, -0.2) is 24.3 Å². The van der Waals surface area contributed by atoms with Crippen LogP contribution in [0.2, 0.25) is 0 Å². The largest absolute Gasteiger partial charge is 0.373 e. The van der Waals surface area contributed by atoms with Crippen LogP contribution >= 0.6 is 11.3 Å². The third-order valence-electron chi connectivity index (χ3n) is 4.64. The first-order chi connectivity index (χ1) is 9.78. The second kappa shape index (κ2) is 5.04. The van der Waals surface area contributed by atoms with Crippen molar-refractivity contribution in [2.45, 2.75) is 63.3 Å². The Morgan fingerprint density at radius 1 is 1.40 bits per heavy atom. The molecule has 2 fully saturated rings. The molecule has 20 heavy (non-hydrogen) atoms. The van der Waals surface area contributed by atoms with Gasteiger partial charge in [-0.05, 0) is 50.2 Å². The zero-order valence-corrected chi connectivity index (χ0v) is 12.3. The Labute approximate surface area is 122 Å². The summed E-state index contributed by atoms with van der Waals surface area (Å²) < 4.78 is 5.75. The molecule has 1 aromatic rings. The number of fused-ring (bicyclic) bond motifs is 3. The van der Waals surface area contributed by atoms with Gasteiger partial charge in [0.05, 0.1) is 24.8 Å². The van der Waals surface area contributed by atoms with Crippen LogP contribution in [0.1, 0.15) is 41.0 Å². The zero-order chi connectivity index (χ0) is 13.5. The van der Waals surface area contributed by atoms with Gasteiger partial charge in [-0.3, -0.25) is 0 Å². The third-order valence-corrected chi connectivity index (χ3v) is 5.88. The van der Waals surface area contributed by atoms with Crippen molar-refractivity contribution < 1.29 is 9.53 Å². The zero-order valence-electron chi connectivity index (χ0n) is 11.5. The fourth-order valence-corrected chi connectivity index (χ4v) is 4.85. The highest BCUT2D eigenvalue weighted by molar-refractivity contribution is 7.12.